The standard InChI is InChI=1S/C12H15ClN4OS/c1-4-18-12-16-10(13)15-11(17-12)14-8(3)9-6-5-7(2)19-9/h5-6,8H,4H2,1-3H3,(H,14,15,16,17). The zero-order chi connectivity index (χ0) is 13.8. The van der Waals surface area contributed by atoms with Crippen LogP contribution in [0.25, 0.3) is 0 Å². The van der Waals surface area contributed by atoms with Crippen LogP contribution in [0, 0.1) is 6.92 Å². The predicted octanol–water partition coefficient (Wildman–Crippen LogP) is 3.47. The smallest absolute Gasteiger partial charge is 0.322 e. The van der Waals surface area contributed by atoms with Crippen LogP contribution in [0.3, 0.4) is 0 Å². The minimum Gasteiger partial charge on any atom is -0.464 e. The number of nitrogens with one attached hydrogen (secondary N) is 1. The summed E-state index contributed by atoms with van der Waals surface area (Å²) in [6.07, 6.45) is 0. The summed E-state index contributed by atoms with van der Waals surface area (Å²) in [6.45, 7) is 6.47. The van der Waals surface area contributed by atoms with Gasteiger partial charge in [0.25, 0.3) is 0 Å². The molecule has 0 saturated carbocycles. The average molecular weight is 299 g/mol. The number of ether oxygens (including phenoxy) is 1. The second-order valence-corrected chi connectivity index (χ2v) is 5.62. The van der Waals surface area contributed by atoms with Crippen molar-refractivity contribution in [1.82, 2.24) is 15.0 Å². The Morgan fingerprint density at radius 1 is 1.37 bits per heavy atom. The van der Waals surface area contributed by atoms with Crippen LogP contribution in [0.15, 0.2) is 12.1 Å². The summed E-state index contributed by atoms with van der Waals surface area (Å²) in [5.74, 6) is 0.419. The summed E-state index contributed by atoms with van der Waals surface area (Å²) in [7, 11) is 0. The first-order valence-corrected chi connectivity index (χ1v) is 7.15. The molecule has 0 fully saturated rings. The SMILES string of the molecule is CCOc1nc(Cl)nc(NC(C)c2ccc(C)s2)n1. The van der Waals surface area contributed by atoms with E-state index in [1.54, 1.807) is 11.3 Å². The van der Waals surface area contributed by atoms with Crippen molar-refractivity contribution in [2.45, 2.75) is 26.8 Å². The van der Waals surface area contributed by atoms with Crippen molar-refractivity contribution in [1.29, 1.82) is 0 Å². The van der Waals surface area contributed by atoms with Gasteiger partial charge < -0.3 is 10.1 Å². The quantitative estimate of drug-likeness (QED) is 0.916. The lowest BCUT2D eigenvalue weighted by Crippen LogP contribution is -2.10. The minimum absolute atomic E-state index is 0.103. The zero-order valence-corrected chi connectivity index (χ0v) is 12.5. The van der Waals surface area contributed by atoms with Gasteiger partial charge in [0.1, 0.15) is 0 Å². The molecule has 2 aromatic heterocycles. The third-order valence-corrected chi connectivity index (χ3v) is 3.75. The lowest BCUT2D eigenvalue weighted by atomic mass is 10.3. The van der Waals surface area contributed by atoms with E-state index in [-0.39, 0.29) is 17.3 Å². The second-order valence-electron chi connectivity index (χ2n) is 3.96. The monoisotopic (exact) mass is 298 g/mol. The molecule has 19 heavy (non-hydrogen) atoms. The Morgan fingerprint density at radius 3 is 2.79 bits per heavy atom. The highest BCUT2D eigenvalue weighted by molar-refractivity contribution is 7.12. The summed E-state index contributed by atoms with van der Waals surface area (Å²) in [6, 6.07) is 4.51. The van der Waals surface area contributed by atoms with Gasteiger partial charge in [-0.1, -0.05) is 0 Å². The van der Waals surface area contributed by atoms with Gasteiger partial charge >= 0.3 is 6.01 Å². The fourth-order valence-corrected chi connectivity index (χ4v) is 2.57. The molecule has 0 radical (unpaired) electrons. The summed E-state index contributed by atoms with van der Waals surface area (Å²) in [4.78, 5) is 14.6. The summed E-state index contributed by atoms with van der Waals surface area (Å²) in [5, 5.41) is 3.32. The van der Waals surface area contributed by atoms with Crippen molar-refractivity contribution in [3.8, 4) is 6.01 Å². The van der Waals surface area contributed by atoms with Crippen LogP contribution in [0.1, 0.15) is 29.6 Å². The molecule has 1 N–H and O–H groups in total. The van der Waals surface area contributed by atoms with Gasteiger partial charge in [0.05, 0.1) is 12.6 Å². The molecule has 0 spiro atoms. The van der Waals surface area contributed by atoms with Gasteiger partial charge in [-0.25, -0.2) is 0 Å². The van der Waals surface area contributed by atoms with Gasteiger partial charge in [-0.05, 0) is 44.5 Å². The van der Waals surface area contributed by atoms with Crippen molar-refractivity contribution in [3.05, 3.63) is 27.2 Å². The Balaban J connectivity index is 2.14. The number of thiophene rings is 1. The summed E-state index contributed by atoms with van der Waals surface area (Å²) in [5.41, 5.74) is 0. The molecule has 0 amide bonds. The number of hydrogen-bond acceptors (Lipinski definition) is 6. The third-order valence-electron chi connectivity index (χ3n) is 2.39. The largest absolute Gasteiger partial charge is 0.464 e. The average Bonchev–Trinajstić information content (AvgIpc) is 2.75. The molecule has 0 aliphatic carbocycles. The van der Waals surface area contributed by atoms with Crippen LogP contribution in [-0.2, 0) is 0 Å². The number of rotatable bonds is 5. The van der Waals surface area contributed by atoms with E-state index in [1.807, 2.05) is 13.8 Å². The number of nitrogens with zero attached hydrogens (tertiary/aromatic N) is 3. The maximum atomic E-state index is 5.84. The van der Waals surface area contributed by atoms with Crippen LogP contribution in [-0.4, -0.2) is 21.6 Å². The van der Waals surface area contributed by atoms with Gasteiger partial charge in [0.2, 0.25) is 11.2 Å². The van der Waals surface area contributed by atoms with Crippen LogP contribution in [0.5, 0.6) is 6.01 Å². The number of halogens is 1. The van der Waals surface area contributed by atoms with E-state index < -0.39 is 0 Å². The van der Waals surface area contributed by atoms with Gasteiger partial charge in [0.15, 0.2) is 0 Å². The zero-order valence-electron chi connectivity index (χ0n) is 11.0. The lowest BCUT2D eigenvalue weighted by Gasteiger charge is -2.12. The van der Waals surface area contributed by atoms with Gasteiger partial charge in [-0.15, -0.1) is 11.3 Å². The van der Waals surface area contributed by atoms with Crippen molar-refractivity contribution >= 4 is 28.9 Å². The molecular weight excluding hydrogens is 284 g/mol. The number of aromatic nitrogens is 3. The van der Waals surface area contributed by atoms with E-state index in [1.165, 1.54) is 9.75 Å². The third kappa shape index (κ3) is 3.78. The molecule has 1 atom stereocenters. The van der Waals surface area contributed by atoms with Crippen molar-refractivity contribution in [3.63, 3.8) is 0 Å². The molecule has 1 unspecified atom stereocenters. The van der Waals surface area contributed by atoms with E-state index in [4.69, 9.17) is 16.3 Å². The van der Waals surface area contributed by atoms with Gasteiger partial charge in [-0.3, -0.25) is 0 Å². The van der Waals surface area contributed by atoms with E-state index in [9.17, 15) is 0 Å². The maximum absolute atomic E-state index is 5.84. The molecule has 0 aliphatic heterocycles. The van der Waals surface area contributed by atoms with Crippen molar-refractivity contribution in [2.24, 2.45) is 0 Å². The Kier molecular flexibility index (Phi) is 4.55. The maximum Gasteiger partial charge on any atom is 0.322 e. The molecule has 0 saturated heterocycles. The molecule has 0 aliphatic rings. The predicted molar refractivity (Wildman–Crippen MR) is 77.1 cm³/mol. The van der Waals surface area contributed by atoms with E-state index in [0.717, 1.165) is 0 Å². The summed E-state index contributed by atoms with van der Waals surface area (Å²) >= 11 is 7.58. The fourth-order valence-electron chi connectivity index (χ4n) is 1.54. The lowest BCUT2D eigenvalue weighted by molar-refractivity contribution is 0.312. The van der Waals surface area contributed by atoms with Crippen LogP contribution < -0.4 is 10.1 Å². The first-order valence-electron chi connectivity index (χ1n) is 5.95. The molecule has 2 heterocycles. The molecule has 2 rings (SSSR count). The fraction of sp³-hybridized carbons (Fsp3) is 0.417. The van der Waals surface area contributed by atoms with Gasteiger partial charge in [-0.2, -0.15) is 15.0 Å². The van der Waals surface area contributed by atoms with Crippen LogP contribution in [0.2, 0.25) is 5.28 Å². The molecule has 0 bridgehead atoms. The number of hydrogen-bond donors (Lipinski definition) is 1. The highest BCUT2D eigenvalue weighted by Gasteiger charge is 2.11. The highest BCUT2D eigenvalue weighted by atomic mass is 35.5. The molecule has 5 nitrogen and oxygen atoms in total. The van der Waals surface area contributed by atoms with E-state index in [0.29, 0.717) is 12.6 Å². The second kappa shape index (κ2) is 6.16. The van der Waals surface area contributed by atoms with Crippen LogP contribution >= 0.6 is 22.9 Å². The summed E-state index contributed by atoms with van der Waals surface area (Å²) < 4.78 is 5.23. The molecular formula is C12H15ClN4OS. The molecule has 2 aromatic rings. The highest BCUT2D eigenvalue weighted by Crippen LogP contribution is 2.25. The van der Waals surface area contributed by atoms with E-state index in [2.05, 4.69) is 39.3 Å². The minimum atomic E-state index is 0.103. The molecule has 0 aromatic carbocycles. The Morgan fingerprint density at radius 2 is 2.16 bits per heavy atom. The Bertz CT molecular complexity index is 560. The number of aryl methyl sites for hydroxylation is 1. The van der Waals surface area contributed by atoms with E-state index >= 15 is 0 Å². The molecule has 7 heteroatoms. The normalized spacial score (nSPS) is 12.2. The van der Waals surface area contributed by atoms with Crippen molar-refractivity contribution in [2.75, 3.05) is 11.9 Å². The topological polar surface area (TPSA) is 59.9 Å². The first-order chi connectivity index (χ1) is 9.08. The van der Waals surface area contributed by atoms with Crippen LogP contribution in [0.4, 0.5) is 5.95 Å². The molecule has 102 valence electrons. The Labute approximate surface area is 121 Å². The first kappa shape index (κ1) is 14.0. The van der Waals surface area contributed by atoms with Gasteiger partial charge in [0, 0.05) is 9.75 Å². The van der Waals surface area contributed by atoms with Crippen molar-refractivity contribution < 1.29 is 4.74 Å². The number of anilines is 1. The Hall–Kier alpha value is -1.40.